The number of nitrogens with one attached hydrogen (secondary N) is 1. The van der Waals surface area contributed by atoms with E-state index in [9.17, 15) is 5.11 Å². The second-order valence-electron chi connectivity index (χ2n) is 6.13. The highest BCUT2D eigenvalue weighted by Crippen LogP contribution is 2.22. The monoisotopic (exact) mass is 265 g/mol. The lowest BCUT2D eigenvalue weighted by atomic mass is 9.88. The van der Waals surface area contributed by atoms with Crippen molar-refractivity contribution in [3.8, 4) is 0 Å². The molecule has 0 bridgehead atoms. The number of rotatable bonds is 5. The van der Waals surface area contributed by atoms with Crippen molar-refractivity contribution < 1.29 is 5.11 Å². The van der Waals surface area contributed by atoms with Gasteiger partial charge in [-0.15, -0.1) is 0 Å². The van der Waals surface area contributed by atoms with Gasteiger partial charge in [0.15, 0.2) is 0 Å². The van der Waals surface area contributed by atoms with Crippen LogP contribution in [0.25, 0.3) is 0 Å². The van der Waals surface area contributed by atoms with E-state index in [0.717, 1.165) is 30.8 Å². The lowest BCUT2D eigenvalue weighted by Crippen LogP contribution is -2.42. The number of aliphatic hydroxyl groups is 1. The first-order chi connectivity index (χ1) is 9.00. The van der Waals surface area contributed by atoms with Crippen LogP contribution in [0.3, 0.4) is 0 Å². The van der Waals surface area contributed by atoms with Gasteiger partial charge in [0.05, 0.1) is 11.3 Å². The summed E-state index contributed by atoms with van der Waals surface area (Å²) in [5, 5.41) is 18.6. The largest absolute Gasteiger partial charge is 0.390 e. The van der Waals surface area contributed by atoms with Crippen LogP contribution in [0.2, 0.25) is 0 Å². The second-order valence-corrected chi connectivity index (χ2v) is 6.13. The van der Waals surface area contributed by atoms with Crippen molar-refractivity contribution in [2.24, 2.45) is 7.05 Å². The number of nitrogens with zero attached hydrogens (tertiary/aromatic N) is 2. The predicted molar refractivity (Wildman–Crippen MR) is 77.2 cm³/mol. The summed E-state index contributed by atoms with van der Waals surface area (Å²) in [5.41, 5.74) is 1.56. The van der Waals surface area contributed by atoms with Gasteiger partial charge in [-0.1, -0.05) is 13.3 Å². The smallest absolute Gasteiger partial charge is 0.0689 e. The van der Waals surface area contributed by atoms with Gasteiger partial charge in [0.2, 0.25) is 0 Å². The summed E-state index contributed by atoms with van der Waals surface area (Å²) in [6, 6.07) is 2.57. The van der Waals surface area contributed by atoms with Gasteiger partial charge in [0, 0.05) is 25.2 Å². The molecule has 4 heteroatoms. The Kier molecular flexibility index (Phi) is 4.63. The van der Waals surface area contributed by atoms with Gasteiger partial charge >= 0.3 is 0 Å². The average Bonchev–Trinajstić information content (AvgIpc) is 2.70. The first-order valence-electron chi connectivity index (χ1n) is 7.48. The van der Waals surface area contributed by atoms with Gasteiger partial charge in [-0.2, -0.15) is 5.10 Å². The van der Waals surface area contributed by atoms with E-state index in [-0.39, 0.29) is 0 Å². The van der Waals surface area contributed by atoms with E-state index in [2.05, 4.69) is 23.4 Å². The maximum atomic E-state index is 10.6. The standard InChI is InChI=1S/C15H27N3O/c1-4-12-9-14(18(3)17-12)11-15(2,19)10-13-7-5-6-8-16-13/h9,13,16,19H,4-8,10-11H2,1-3H3. The van der Waals surface area contributed by atoms with Crippen molar-refractivity contribution in [1.82, 2.24) is 15.1 Å². The molecule has 108 valence electrons. The molecule has 2 N–H and O–H groups in total. The normalized spacial score (nSPS) is 23.3. The van der Waals surface area contributed by atoms with Crippen LogP contribution in [0.5, 0.6) is 0 Å². The number of hydrogen-bond donors (Lipinski definition) is 2. The minimum Gasteiger partial charge on any atom is -0.390 e. The molecule has 1 saturated heterocycles. The molecule has 0 aliphatic carbocycles. The third kappa shape index (κ3) is 4.05. The quantitative estimate of drug-likeness (QED) is 0.853. The molecule has 2 unspecified atom stereocenters. The van der Waals surface area contributed by atoms with Crippen molar-refractivity contribution in [3.05, 3.63) is 17.5 Å². The molecule has 0 amide bonds. The maximum absolute atomic E-state index is 10.6. The zero-order valence-electron chi connectivity index (χ0n) is 12.4. The molecule has 1 aromatic rings. The molecule has 1 aliphatic heterocycles. The summed E-state index contributed by atoms with van der Waals surface area (Å²) in [7, 11) is 1.96. The molecule has 2 rings (SSSR count). The summed E-state index contributed by atoms with van der Waals surface area (Å²) >= 11 is 0. The van der Waals surface area contributed by atoms with E-state index in [1.54, 1.807) is 0 Å². The minimum absolute atomic E-state index is 0.461. The van der Waals surface area contributed by atoms with Crippen molar-refractivity contribution >= 4 is 0 Å². The summed E-state index contributed by atoms with van der Waals surface area (Å²) in [6.45, 7) is 5.14. The van der Waals surface area contributed by atoms with E-state index < -0.39 is 5.60 Å². The van der Waals surface area contributed by atoms with Crippen LogP contribution >= 0.6 is 0 Å². The molecule has 0 radical (unpaired) electrons. The summed E-state index contributed by atoms with van der Waals surface area (Å²) in [5.74, 6) is 0. The minimum atomic E-state index is -0.659. The Morgan fingerprint density at radius 3 is 2.89 bits per heavy atom. The fraction of sp³-hybridized carbons (Fsp3) is 0.800. The van der Waals surface area contributed by atoms with Crippen LogP contribution < -0.4 is 5.32 Å². The molecule has 19 heavy (non-hydrogen) atoms. The Bertz CT molecular complexity index is 406. The fourth-order valence-electron chi connectivity index (χ4n) is 3.00. The summed E-state index contributed by atoms with van der Waals surface area (Å²) < 4.78 is 1.90. The zero-order valence-corrected chi connectivity index (χ0v) is 12.4. The van der Waals surface area contributed by atoms with Crippen LogP contribution in [0, 0.1) is 0 Å². The van der Waals surface area contributed by atoms with Crippen molar-refractivity contribution in [2.75, 3.05) is 6.54 Å². The van der Waals surface area contributed by atoms with Gasteiger partial charge in [-0.3, -0.25) is 4.68 Å². The molecular formula is C15H27N3O. The first-order valence-corrected chi connectivity index (χ1v) is 7.48. The number of hydrogen-bond acceptors (Lipinski definition) is 3. The van der Waals surface area contributed by atoms with Crippen molar-refractivity contribution in [3.63, 3.8) is 0 Å². The molecule has 1 aromatic heterocycles. The molecule has 4 nitrogen and oxygen atoms in total. The Morgan fingerprint density at radius 2 is 2.32 bits per heavy atom. The summed E-state index contributed by atoms with van der Waals surface area (Å²) in [6.07, 6.45) is 6.16. The molecule has 0 saturated carbocycles. The van der Waals surface area contributed by atoms with Gasteiger partial charge in [-0.05, 0) is 45.2 Å². The van der Waals surface area contributed by atoms with Crippen LogP contribution in [0.15, 0.2) is 6.07 Å². The van der Waals surface area contributed by atoms with E-state index >= 15 is 0 Å². The Balaban J connectivity index is 1.96. The lowest BCUT2D eigenvalue weighted by Gasteiger charge is -2.31. The van der Waals surface area contributed by atoms with E-state index in [4.69, 9.17) is 0 Å². The topological polar surface area (TPSA) is 50.1 Å². The van der Waals surface area contributed by atoms with Crippen LogP contribution in [-0.2, 0) is 19.9 Å². The van der Waals surface area contributed by atoms with Crippen LogP contribution in [0.4, 0.5) is 0 Å². The SMILES string of the molecule is CCc1cc(CC(C)(O)CC2CCCCN2)n(C)n1. The molecule has 2 heterocycles. The zero-order chi connectivity index (χ0) is 13.9. The van der Waals surface area contributed by atoms with Crippen molar-refractivity contribution in [1.29, 1.82) is 0 Å². The predicted octanol–water partition coefficient (Wildman–Crippen LogP) is 1.81. The van der Waals surface area contributed by atoms with E-state index in [1.165, 1.54) is 19.3 Å². The molecular weight excluding hydrogens is 238 g/mol. The Morgan fingerprint density at radius 1 is 1.53 bits per heavy atom. The highest BCUT2D eigenvalue weighted by molar-refractivity contribution is 5.12. The average molecular weight is 265 g/mol. The molecule has 1 aliphatic rings. The van der Waals surface area contributed by atoms with E-state index in [1.807, 2.05) is 18.7 Å². The molecule has 0 aromatic carbocycles. The number of aromatic nitrogens is 2. The third-order valence-electron chi connectivity index (χ3n) is 4.05. The van der Waals surface area contributed by atoms with Gasteiger partial charge in [0.1, 0.15) is 0 Å². The number of piperidine rings is 1. The van der Waals surface area contributed by atoms with E-state index in [0.29, 0.717) is 12.5 Å². The van der Waals surface area contributed by atoms with Crippen LogP contribution in [0.1, 0.15) is 50.9 Å². The second kappa shape index (κ2) is 6.06. The molecule has 2 atom stereocenters. The first kappa shape index (κ1) is 14.5. The Hall–Kier alpha value is -0.870. The van der Waals surface area contributed by atoms with Crippen molar-refractivity contribution in [2.45, 2.75) is 64.0 Å². The fourth-order valence-corrected chi connectivity index (χ4v) is 3.00. The maximum Gasteiger partial charge on any atom is 0.0689 e. The van der Waals surface area contributed by atoms with Gasteiger partial charge < -0.3 is 10.4 Å². The lowest BCUT2D eigenvalue weighted by molar-refractivity contribution is 0.0354. The Labute approximate surface area is 116 Å². The highest BCUT2D eigenvalue weighted by Gasteiger charge is 2.28. The molecule has 1 fully saturated rings. The molecule has 0 spiro atoms. The van der Waals surface area contributed by atoms with Gasteiger partial charge in [-0.25, -0.2) is 0 Å². The van der Waals surface area contributed by atoms with Gasteiger partial charge in [0.25, 0.3) is 0 Å². The highest BCUT2D eigenvalue weighted by atomic mass is 16.3. The number of aryl methyl sites for hydroxylation is 2. The summed E-state index contributed by atoms with van der Waals surface area (Å²) in [4.78, 5) is 0. The van der Waals surface area contributed by atoms with Crippen LogP contribution in [-0.4, -0.2) is 33.1 Å². The third-order valence-corrected chi connectivity index (χ3v) is 4.05.